The fourth-order valence-electron chi connectivity index (χ4n) is 1.89. The minimum atomic E-state index is -0.224. The molecular weight excluding hydrogens is 176 g/mol. The summed E-state index contributed by atoms with van der Waals surface area (Å²) in [5.74, 6) is 0.271. The van der Waals surface area contributed by atoms with E-state index in [9.17, 15) is 4.79 Å². The topological polar surface area (TPSA) is 46.3 Å². The van der Waals surface area contributed by atoms with Gasteiger partial charge in [-0.25, -0.2) is 0 Å². The predicted molar refractivity (Wildman–Crippen MR) is 57.9 cm³/mol. The van der Waals surface area contributed by atoms with Crippen LogP contribution in [0.2, 0.25) is 0 Å². The van der Waals surface area contributed by atoms with Gasteiger partial charge in [0.25, 0.3) is 0 Å². The molecule has 0 aromatic carbocycles. The Hall–Kier alpha value is -0.570. The molecule has 1 saturated heterocycles. The zero-order valence-electron chi connectivity index (χ0n) is 9.55. The number of hydrogen-bond donors (Lipinski definition) is 1. The van der Waals surface area contributed by atoms with Crippen LogP contribution in [0.5, 0.6) is 0 Å². The van der Waals surface area contributed by atoms with Crippen molar-refractivity contribution in [1.29, 1.82) is 0 Å². The van der Waals surface area contributed by atoms with Crippen LogP contribution in [-0.4, -0.2) is 29.9 Å². The van der Waals surface area contributed by atoms with Crippen LogP contribution in [-0.2, 0) is 4.79 Å². The second-order valence-electron chi connectivity index (χ2n) is 4.77. The summed E-state index contributed by atoms with van der Waals surface area (Å²) in [5.41, 5.74) is 5.43. The van der Waals surface area contributed by atoms with E-state index in [1.54, 1.807) is 0 Å². The maximum Gasteiger partial charge on any atom is 0.228 e. The Balaban J connectivity index is 2.69. The zero-order valence-corrected chi connectivity index (χ0v) is 9.55. The number of hydrogen-bond acceptors (Lipinski definition) is 2. The van der Waals surface area contributed by atoms with Gasteiger partial charge in [-0.15, -0.1) is 0 Å². The lowest BCUT2D eigenvalue weighted by atomic mass is 9.88. The van der Waals surface area contributed by atoms with Gasteiger partial charge in [0, 0.05) is 24.5 Å². The summed E-state index contributed by atoms with van der Waals surface area (Å²) in [7, 11) is 0. The van der Waals surface area contributed by atoms with Crippen LogP contribution < -0.4 is 5.73 Å². The molecule has 1 heterocycles. The minimum absolute atomic E-state index is 0.224. The number of carbonyl (C=O) groups excluding carboxylic acids is 1. The van der Waals surface area contributed by atoms with Gasteiger partial charge >= 0.3 is 0 Å². The van der Waals surface area contributed by atoms with E-state index in [2.05, 4.69) is 6.92 Å². The third-order valence-corrected chi connectivity index (χ3v) is 3.37. The van der Waals surface area contributed by atoms with Crippen molar-refractivity contribution >= 4 is 5.91 Å². The lowest BCUT2D eigenvalue weighted by Gasteiger charge is -2.32. The molecule has 82 valence electrons. The average Bonchev–Trinajstić information content (AvgIpc) is 2.64. The molecule has 0 aliphatic carbocycles. The number of nitrogens with zero attached hydrogens (tertiary/aromatic N) is 1. The molecular formula is C11H22N2O. The molecule has 14 heavy (non-hydrogen) atoms. The highest BCUT2D eigenvalue weighted by atomic mass is 16.2. The Morgan fingerprint density at radius 1 is 1.57 bits per heavy atom. The molecule has 1 rings (SSSR count). The maximum atomic E-state index is 12.1. The highest BCUT2D eigenvalue weighted by molar-refractivity contribution is 5.82. The quantitative estimate of drug-likeness (QED) is 0.744. The first kappa shape index (κ1) is 11.5. The standard InChI is InChI=1S/C11H22N2O/c1-4-11(2,3)10(14)13-7-5-6-9(13)8-12/h9H,4-8,12H2,1-3H3. The summed E-state index contributed by atoms with van der Waals surface area (Å²) >= 11 is 0. The largest absolute Gasteiger partial charge is 0.338 e. The lowest BCUT2D eigenvalue weighted by Crippen LogP contribution is -2.46. The summed E-state index contributed by atoms with van der Waals surface area (Å²) in [6.07, 6.45) is 3.06. The van der Waals surface area contributed by atoms with Crippen LogP contribution in [0.3, 0.4) is 0 Å². The Bertz CT molecular complexity index is 213. The summed E-state index contributed by atoms with van der Waals surface area (Å²) in [6.45, 7) is 7.59. The number of rotatable bonds is 3. The molecule has 1 aliphatic rings. The van der Waals surface area contributed by atoms with Gasteiger partial charge in [-0.3, -0.25) is 4.79 Å². The SMILES string of the molecule is CCC(C)(C)C(=O)N1CCCC1CN. The highest BCUT2D eigenvalue weighted by Gasteiger charge is 2.35. The van der Waals surface area contributed by atoms with Crippen LogP contribution >= 0.6 is 0 Å². The third kappa shape index (κ3) is 2.08. The van der Waals surface area contributed by atoms with Gasteiger partial charge in [0.2, 0.25) is 5.91 Å². The van der Waals surface area contributed by atoms with Crippen molar-refractivity contribution < 1.29 is 4.79 Å². The molecule has 3 heteroatoms. The van der Waals surface area contributed by atoms with Gasteiger partial charge < -0.3 is 10.6 Å². The summed E-state index contributed by atoms with van der Waals surface area (Å²) < 4.78 is 0. The Morgan fingerprint density at radius 2 is 2.21 bits per heavy atom. The van der Waals surface area contributed by atoms with Gasteiger partial charge in [0.1, 0.15) is 0 Å². The van der Waals surface area contributed by atoms with Crippen LogP contribution in [0.25, 0.3) is 0 Å². The van der Waals surface area contributed by atoms with Gasteiger partial charge in [0.05, 0.1) is 0 Å². The molecule has 1 aliphatic heterocycles. The van der Waals surface area contributed by atoms with Crippen molar-refractivity contribution in [2.75, 3.05) is 13.1 Å². The number of amides is 1. The molecule has 0 saturated carbocycles. The Morgan fingerprint density at radius 3 is 2.71 bits per heavy atom. The van der Waals surface area contributed by atoms with E-state index in [4.69, 9.17) is 5.73 Å². The number of nitrogens with two attached hydrogens (primary N) is 1. The first-order valence-electron chi connectivity index (χ1n) is 5.54. The molecule has 0 aromatic rings. The molecule has 1 unspecified atom stereocenters. The predicted octanol–water partition coefficient (Wildman–Crippen LogP) is 1.37. The summed E-state index contributed by atoms with van der Waals surface area (Å²) in [4.78, 5) is 14.1. The van der Waals surface area contributed by atoms with Crippen LogP contribution in [0.4, 0.5) is 0 Å². The lowest BCUT2D eigenvalue weighted by molar-refractivity contribution is -0.141. The Kier molecular flexibility index (Phi) is 3.53. The summed E-state index contributed by atoms with van der Waals surface area (Å²) in [6, 6.07) is 0.285. The van der Waals surface area contributed by atoms with Crippen molar-refractivity contribution in [2.24, 2.45) is 11.1 Å². The smallest absolute Gasteiger partial charge is 0.228 e. The third-order valence-electron chi connectivity index (χ3n) is 3.37. The molecule has 1 atom stereocenters. The second kappa shape index (κ2) is 4.30. The minimum Gasteiger partial charge on any atom is -0.338 e. The molecule has 0 aromatic heterocycles. The number of carbonyl (C=O) groups is 1. The van der Waals surface area contributed by atoms with Gasteiger partial charge in [-0.2, -0.15) is 0 Å². The molecule has 1 fully saturated rings. The van der Waals surface area contributed by atoms with Gasteiger partial charge in [-0.05, 0) is 19.3 Å². The molecule has 3 nitrogen and oxygen atoms in total. The second-order valence-corrected chi connectivity index (χ2v) is 4.77. The molecule has 0 bridgehead atoms. The van der Waals surface area contributed by atoms with E-state index >= 15 is 0 Å². The van der Waals surface area contributed by atoms with E-state index in [1.165, 1.54) is 0 Å². The monoisotopic (exact) mass is 198 g/mol. The highest BCUT2D eigenvalue weighted by Crippen LogP contribution is 2.27. The van der Waals surface area contributed by atoms with Crippen LogP contribution in [0.1, 0.15) is 40.0 Å². The van der Waals surface area contributed by atoms with E-state index in [0.29, 0.717) is 6.54 Å². The summed E-state index contributed by atoms with van der Waals surface area (Å²) in [5, 5.41) is 0. The Labute approximate surface area is 86.6 Å². The first-order valence-corrected chi connectivity index (χ1v) is 5.54. The zero-order chi connectivity index (χ0) is 10.8. The average molecular weight is 198 g/mol. The van der Waals surface area contributed by atoms with E-state index in [1.807, 2.05) is 18.7 Å². The van der Waals surface area contributed by atoms with Crippen molar-refractivity contribution in [2.45, 2.75) is 46.1 Å². The van der Waals surface area contributed by atoms with E-state index in [0.717, 1.165) is 25.8 Å². The van der Waals surface area contributed by atoms with E-state index in [-0.39, 0.29) is 17.4 Å². The fraction of sp³-hybridized carbons (Fsp3) is 0.909. The van der Waals surface area contributed by atoms with Crippen molar-refractivity contribution in [3.05, 3.63) is 0 Å². The molecule has 0 radical (unpaired) electrons. The van der Waals surface area contributed by atoms with Gasteiger partial charge in [0.15, 0.2) is 0 Å². The van der Waals surface area contributed by atoms with Crippen molar-refractivity contribution in [1.82, 2.24) is 4.90 Å². The fourth-order valence-corrected chi connectivity index (χ4v) is 1.89. The van der Waals surface area contributed by atoms with Crippen molar-refractivity contribution in [3.8, 4) is 0 Å². The molecule has 0 spiro atoms. The molecule has 1 amide bonds. The number of likely N-dealkylation sites (tertiary alicyclic amines) is 1. The van der Waals surface area contributed by atoms with Crippen LogP contribution in [0.15, 0.2) is 0 Å². The van der Waals surface area contributed by atoms with Crippen molar-refractivity contribution in [3.63, 3.8) is 0 Å². The normalized spacial score (nSPS) is 22.9. The first-order chi connectivity index (χ1) is 6.53. The maximum absolute atomic E-state index is 12.1. The van der Waals surface area contributed by atoms with Crippen LogP contribution in [0, 0.1) is 5.41 Å². The molecule has 2 N–H and O–H groups in total. The van der Waals surface area contributed by atoms with E-state index < -0.39 is 0 Å². The van der Waals surface area contributed by atoms with Gasteiger partial charge in [-0.1, -0.05) is 20.8 Å².